The van der Waals surface area contributed by atoms with Crippen molar-refractivity contribution in [1.29, 1.82) is 0 Å². The van der Waals surface area contributed by atoms with Gasteiger partial charge in [-0.3, -0.25) is 4.79 Å². The van der Waals surface area contributed by atoms with Crippen LogP contribution in [0, 0.1) is 5.92 Å². The highest BCUT2D eigenvalue weighted by Gasteiger charge is 2.29. The lowest BCUT2D eigenvalue weighted by atomic mass is 10.2. The number of nitrogen functional groups attached to an aromatic ring is 1. The van der Waals surface area contributed by atoms with Crippen molar-refractivity contribution in [1.82, 2.24) is 9.88 Å². The van der Waals surface area contributed by atoms with E-state index in [4.69, 9.17) is 5.73 Å². The number of hydrogen-bond acceptors (Lipinski definition) is 6. The summed E-state index contributed by atoms with van der Waals surface area (Å²) in [5.41, 5.74) is 5.93. The summed E-state index contributed by atoms with van der Waals surface area (Å²) in [4.78, 5) is 19.4. The topological polar surface area (TPSA) is 71.2 Å². The van der Waals surface area contributed by atoms with Crippen LogP contribution in [0.1, 0.15) is 37.4 Å². The smallest absolute Gasteiger partial charge is 0.267 e. The zero-order valence-corrected chi connectivity index (χ0v) is 14.7. The van der Waals surface area contributed by atoms with Gasteiger partial charge in [0.1, 0.15) is 10.7 Å². The van der Waals surface area contributed by atoms with Crippen molar-refractivity contribution >= 4 is 40.0 Å². The van der Waals surface area contributed by atoms with Crippen LogP contribution in [0.2, 0.25) is 0 Å². The fourth-order valence-electron chi connectivity index (χ4n) is 2.34. The van der Waals surface area contributed by atoms with Crippen LogP contribution in [0.3, 0.4) is 0 Å². The van der Waals surface area contributed by atoms with E-state index in [1.807, 2.05) is 16.7 Å². The van der Waals surface area contributed by atoms with E-state index in [0.29, 0.717) is 27.1 Å². The summed E-state index contributed by atoms with van der Waals surface area (Å²) >= 11 is 3.29. The lowest BCUT2D eigenvalue weighted by Gasteiger charge is -2.34. The third-order valence-electron chi connectivity index (χ3n) is 3.22. The number of carbonyl (C=O) groups is 1. The number of thiazole rings is 1. The molecule has 0 radical (unpaired) electrons. The summed E-state index contributed by atoms with van der Waals surface area (Å²) in [6, 6.07) is 0. The maximum atomic E-state index is 12.6. The Morgan fingerprint density at radius 2 is 2.05 bits per heavy atom. The molecule has 1 saturated heterocycles. The molecule has 2 rings (SSSR count). The van der Waals surface area contributed by atoms with Crippen molar-refractivity contribution in [3.63, 3.8) is 0 Å². The Hall–Kier alpha value is -0.950. The maximum absolute atomic E-state index is 12.6. The molecule has 0 spiro atoms. The van der Waals surface area contributed by atoms with Gasteiger partial charge in [0.2, 0.25) is 0 Å². The lowest BCUT2D eigenvalue weighted by molar-refractivity contribution is 0.0759. The Kier molecular flexibility index (Phi) is 5.37. The van der Waals surface area contributed by atoms with Crippen molar-refractivity contribution in [2.45, 2.75) is 38.2 Å². The number of thioether (sulfide) groups is 1. The fraction of sp³-hybridized carbons (Fsp3) is 0.714. The molecule has 0 bridgehead atoms. The minimum atomic E-state index is 0.0154. The maximum Gasteiger partial charge on any atom is 0.267 e. The molecule has 1 amide bonds. The average Bonchev–Trinajstić information content (AvgIpc) is 2.75. The van der Waals surface area contributed by atoms with Gasteiger partial charge in [-0.25, -0.2) is 4.98 Å². The predicted molar refractivity (Wildman–Crippen MR) is 92.3 cm³/mol. The molecule has 1 aliphatic rings. The number of rotatable bonds is 4. The van der Waals surface area contributed by atoms with Gasteiger partial charge in [0.15, 0.2) is 5.13 Å². The van der Waals surface area contributed by atoms with Gasteiger partial charge in [-0.2, -0.15) is 11.8 Å². The standard InChI is InChI=1S/C14H24N4OS2/c1-8(2)5-16-14-17-12(15)11(21-14)13(19)18-6-9(3)20-10(4)7-18/h8-10H,5-7,15H2,1-4H3,(H,16,17). The molecule has 118 valence electrons. The van der Waals surface area contributed by atoms with E-state index >= 15 is 0 Å². The summed E-state index contributed by atoms with van der Waals surface area (Å²) in [6.07, 6.45) is 0. The van der Waals surface area contributed by atoms with E-state index in [1.54, 1.807) is 0 Å². The van der Waals surface area contributed by atoms with E-state index < -0.39 is 0 Å². The molecule has 2 atom stereocenters. The summed E-state index contributed by atoms with van der Waals surface area (Å²) in [5, 5.41) is 4.89. The number of aromatic nitrogens is 1. The Labute approximate surface area is 134 Å². The quantitative estimate of drug-likeness (QED) is 0.889. The van der Waals surface area contributed by atoms with Crippen LogP contribution in [-0.2, 0) is 0 Å². The lowest BCUT2D eigenvalue weighted by Crippen LogP contribution is -2.43. The van der Waals surface area contributed by atoms with Crippen LogP contribution in [0.15, 0.2) is 0 Å². The van der Waals surface area contributed by atoms with Crippen LogP contribution < -0.4 is 11.1 Å². The van der Waals surface area contributed by atoms with Gasteiger partial charge in [0.25, 0.3) is 5.91 Å². The number of nitrogens with zero attached hydrogens (tertiary/aromatic N) is 2. The Bertz CT molecular complexity index is 493. The molecule has 1 aliphatic heterocycles. The number of anilines is 2. The van der Waals surface area contributed by atoms with Gasteiger partial charge in [0.05, 0.1) is 0 Å². The number of carbonyl (C=O) groups excluding carboxylic acids is 1. The summed E-state index contributed by atoms with van der Waals surface area (Å²) in [6.45, 7) is 11.0. The molecule has 0 aliphatic carbocycles. The Morgan fingerprint density at radius 1 is 1.43 bits per heavy atom. The first kappa shape index (κ1) is 16.4. The van der Waals surface area contributed by atoms with Crippen molar-refractivity contribution in [3.05, 3.63) is 4.88 Å². The van der Waals surface area contributed by atoms with E-state index in [1.165, 1.54) is 11.3 Å². The number of nitrogens with one attached hydrogen (secondary N) is 1. The normalized spacial score (nSPS) is 22.6. The van der Waals surface area contributed by atoms with Crippen LogP contribution >= 0.6 is 23.1 Å². The number of hydrogen-bond donors (Lipinski definition) is 2. The molecular weight excluding hydrogens is 304 g/mol. The van der Waals surface area contributed by atoms with Crippen molar-refractivity contribution < 1.29 is 4.79 Å². The highest BCUT2D eigenvalue weighted by atomic mass is 32.2. The zero-order valence-electron chi connectivity index (χ0n) is 13.0. The first-order chi connectivity index (χ1) is 9.86. The third-order valence-corrected chi connectivity index (χ3v) is 5.46. The molecule has 1 aromatic heterocycles. The van der Waals surface area contributed by atoms with Gasteiger partial charge in [-0.15, -0.1) is 0 Å². The van der Waals surface area contributed by atoms with E-state index in [0.717, 1.165) is 24.8 Å². The second-order valence-corrected chi connectivity index (χ2v) is 8.86. The minimum absolute atomic E-state index is 0.0154. The molecule has 21 heavy (non-hydrogen) atoms. The van der Waals surface area contributed by atoms with Crippen molar-refractivity contribution in [2.24, 2.45) is 5.92 Å². The highest BCUT2D eigenvalue weighted by molar-refractivity contribution is 8.00. The second kappa shape index (κ2) is 6.87. The molecule has 0 aromatic carbocycles. The van der Waals surface area contributed by atoms with Gasteiger partial charge in [-0.1, -0.05) is 39.0 Å². The SMILES string of the molecule is CC(C)CNc1nc(N)c(C(=O)N2CC(C)SC(C)C2)s1. The van der Waals surface area contributed by atoms with E-state index in [2.05, 4.69) is 38.0 Å². The van der Waals surface area contributed by atoms with Gasteiger partial charge in [0, 0.05) is 30.1 Å². The Balaban J connectivity index is 2.08. The largest absolute Gasteiger partial charge is 0.382 e. The van der Waals surface area contributed by atoms with E-state index in [-0.39, 0.29) is 5.91 Å². The molecule has 2 unspecified atom stereocenters. The minimum Gasteiger partial charge on any atom is -0.382 e. The fourth-order valence-corrected chi connectivity index (χ4v) is 4.52. The first-order valence-corrected chi connectivity index (χ1v) is 9.07. The van der Waals surface area contributed by atoms with E-state index in [9.17, 15) is 4.79 Å². The van der Waals surface area contributed by atoms with Crippen molar-refractivity contribution in [2.75, 3.05) is 30.7 Å². The van der Waals surface area contributed by atoms with Crippen molar-refractivity contribution in [3.8, 4) is 0 Å². The Morgan fingerprint density at radius 3 is 2.62 bits per heavy atom. The molecular formula is C14H24N4OS2. The zero-order chi connectivity index (χ0) is 15.6. The number of amides is 1. The van der Waals surface area contributed by atoms with Gasteiger partial charge in [-0.05, 0) is 5.92 Å². The van der Waals surface area contributed by atoms with Crippen LogP contribution in [0.5, 0.6) is 0 Å². The summed E-state index contributed by atoms with van der Waals surface area (Å²) in [7, 11) is 0. The van der Waals surface area contributed by atoms with Crippen LogP contribution in [-0.4, -0.2) is 45.9 Å². The second-order valence-electron chi connectivity index (χ2n) is 5.98. The molecule has 1 aromatic rings. The molecule has 3 N–H and O–H groups in total. The monoisotopic (exact) mass is 328 g/mol. The molecule has 2 heterocycles. The van der Waals surface area contributed by atoms with Crippen LogP contribution in [0.25, 0.3) is 0 Å². The highest BCUT2D eigenvalue weighted by Crippen LogP contribution is 2.30. The predicted octanol–water partition coefficient (Wildman–Crippen LogP) is 2.76. The number of nitrogens with two attached hydrogens (primary N) is 1. The van der Waals surface area contributed by atoms with Gasteiger partial charge >= 0.3 is 0 Å². The average molecular weight is 329 g/mol. The molecule has 0 saturated carbocycles. The molecule has 7 heteroatoms. The summed E-state index contributed by atoms with van der Waals surface area (Å²) < 4.78 is 0. The molecule has 1 fully saturated rings. The first-order valence-electron chi connectivity index (χ1n) is 7.31. The summed E-state index contributed by atoms with van der Waals surface area (Å²) in [5.74, 6) is 0.881. The molecule has 5 nitrogen and oxygen atoms in total. The van der Waals surface area contributed by atoms with Gasteiger partial charge < -0.3 is 16.0 Å². The third kappa shape index (κ3) is 4.26. The van der Waals surface area contributed by atoms with Crippen LogP contribution in [0.4, 0.5) is 10.9 Å².